The average Bonchev–Trinajstić information content (AvgIpc) is 2.26. The summed E-state index contributed by atoms with van der Waals surface area (Å²) < 4.78 is 39.2. The van der Waals surface area contributed by atoms with Gasteiger partial charge in [0.05, 0.1) is 6.07 Å². The number of carbonyl (C=O) groups excluding carboxylic acids is 1. The Morgan fingerprint density at radius 2 is 1.94 bits per heavy atom. The van der Waals surface area contributed by atoms with Crippen molar-refractivity contribution in [1.29, 1.82) is 5.26 Å². The van der Waals surface area contributed by atoms with Crippen LogP contribution in [0.5, 0.6) is 0 Å². The lowest BCUT2D eigenvalue weighted by Gasteiger charge is -2.14. The number of nitrogens with zero attached hydrogens (tertiary/aromatic N) is 1. The van der Waals surface area contributed by atoms with Crippen LogP contribution in [-0.2, 0) is 10.7 Å². The Morgan fingerprint density at radius 1 is 1.38 bits per heavy atom. The van der Waals surface area contributed by atoms with Gasteiger partial charge in [-0.25, -0.2) is 4.39 Å². The van der Waals surface area contributed by atoms with Crippen LogP contribution in [-0.4, -0.2) is 12.5 Å². The van der Waals surface area contributed by atoms with Crippen LogP contribution in [0, 0.1) is 17.1 Å². The van der Waals surface area contributed by atoms with E-state index in [1.165, 1.54) is 6.07 Å². The summed E-state index contributed by atoms with van der Waals surface area (Å²) in [5.41, 5.74) is -0.621. The van der Waals surface area contributed by atoms with Crippen LogP contribution in [0.25, 0.3) is 0 Å². The van der Waals surface area contributed by atoms with E-state index in [2.05, 4.69) is 0 Å². The van der Waals surface area contributed by atoms with Gasteiger partial charge in [-0.05, 0) is 24.3 Å². The van der Waals surface area contributed by atoms with E-state index in [9.17, 15) is 18.0 Å². The summed E-state index contributed by atoms with van der Waals surface area (Å²) in [5, 5.41) is 9.87. The van der Waals surface area contributed by atoms with Gasteiger partial charge in [-0.2, -0.15) is 14.0 Å². The predicted molar refractivity (Wildman–Crippen MR) is 48.9 cm³/mol. The van der Waals surface area contributed by atoms with Gasteiger partial charge in [-0.15, -0.1) is 0 Å². The molecule has 1 amide bonds. The summed E-state index contributed by atoms with van der Waals surface area (Å²) in [7, 11) is 0. The minimum absolute atomic E-state index is 0.504. The van der Waals surface area contributed by atoms with E-state index < -0.39 is 29.8 Å². The number of carbonyl (C=O) groups is 1. The van der Waals surface area contributed by atoms with Crippen molar-refractivity contribution in [3.05, 3.63) is 35.6 Å². The van der Waals surface area contributed by atoms with Gasteiger partial charge in [0.25, 0.3) is 5.91 Å². The lowest BCUT2D eigenvalue weighted by molar-refractivity contribution is -0.146. The number of hydrogen-bond acceptors (Lipinski definition) is 2. The number of amides is 1. The zero-order valence-corrected chi connectivity index (χ0v) is 8.01. The summed E-state index contributed by atoms with van der Waals surface area (Å²) in [4.78, 5) is 11.0. The monoisotopic (exact) mass is 228 g/mol. The van der Waals surface area contributed by atoms with Crippen LogP contribution in [0.1, 0.15) is 5.56 Å². The Hall–Kier alpha value is -2.03. The van der Waals surface area contributed by atoms with Crippen molar-refractivity contribution in [2.75, 3.05) is 6.54 Å². The number of rotatable bonds is 3. The molecule has 0 saturated heterocycles. The van der Waals surface area contributed by atoms with Gasteiger partial charge in [0.15, 0.2) is 0 Å². The molecule has 1 N–H and O–H groups in total. The second-order valence-electron chi connectivity index (χ2n) is 2.92. The number of halogens is 3. The van der Waals surface area contributed by atoms with Crippen LogP contribution >= 0.6 is 0 Å². The summed E-state index contributed by atoms with van der Waals surface area (Å²) >= 11 is 0. The van der Waals surface area contributed by atoms with E-state index in [1.54, 1.807) is 5.32 Å². The standard InChI is InChI=1S/C10H7F3N2O/c11-8-3-1-7(2-4-8)10(12,13)9(16)15-6-5-14/h1-4H,6H2,(H,15,16). The lowest BCUT2D eigenvalue weighted by atomic mass is 10.1. The van der Waals surface area contributed by atoms with E-state index in [-0.39, 0.29) is 0 Å². The third kappa shape index (κ3) is 2.51. The first kappa shape index (κ1) is 12.0. The number of benzene rings is 1. The summed E-state index contributed by atoms with van der Waals surface area (Å²) in [6.45, 7) is -0.504. The number of nitriles is 1. The quantitative estimate of drug-likeness (QED) is 0.798. The van der Waals surface area contributed by atoms with Crippen LogP contribution < -0.4 is 5.32 Å². The maximum Gasteiger partial charge on any atom is 0.349 e. The van der Waals surface area contributed by atoms with E-state index in [0.717, 1.165) is 24.3 Å². The zero-order valence-electron chi connectivity index (χ0n) is 8.01. The van der Waals surface area contributed by atoms with E-state index in [4.69, 9.17) is 5.26 Å². The fourth-order valence-electron chi connectivity index (χ4n) is 1.02. The molecule has 0 saturated carbocycles. The molecule has 0 aliphatic rings. The highest BCUT2D eigenvalue weighted by Gasteiger charge is 2.40. The first-order valence-corrected chi connectivity index (χ1v) is 4.27. The second-order valence-corrected chi connectivity index (χ2v) is 2.92. The van der Waals surface area contributed by atoms with Crippen LogP contribution in [0.3, 0.4) is 0 Å². The van der Waals surface area contributed by atoms with Crippen LogP contribution in [0.15, 0.2) is 24.3 Å². The Kier molecular flexibility index (Phi) is 3.51. The maximum atomic E-state index is 13.4. The molecule has 1 aromatic carbocycles. The van der Waals surface area contributed by atoms with Gasteiger partial charge in [0.2, 0.25) is 0 Å². The fraction of sp³-hybridized carbons (Fsp3) is 0.200. The van der Waals surface area contributed by atoms with Crippen molar-refractivity contribution >= 4 is 5.91 Å². The molecule has 1 rings (SSSR count). The molecular formula is C10H7F3N2O. The molecule has 0 unspecified atom stereocenters. The highest BCUT2D eigenvalue weighted by molar-refractivity contribution is 5.84. The molecule has 84 valence electrons. The molecule has 0 atom stereocenters. The highest BCUT2D eigenvalue weighted by Crippen LogP contribution is 2.27. The van der Waals surface area contributed by atoms with E-state index in [0.29, 0.717) is 0 Å². The molecule has 0 spiro atoms. The first-order valence-electron chi connectivity index (χ1n) is 4.27. The molecule has 3 nitrogen and oxygen atoms in total. The van der Waals surface area contributed by atoms with Gasteiger partial charge in [-0.3, -0.25) is 4.79 Å². The van der Waals surface area contributed by atoms with Gasteiger partial charge in [0.1, 0.15) is 12.4 Å². The predicted octanol–water partition coefficient (Wildman–Crippen LogP) is 1.56. The van der Waals surface area contributed by atoms with Crippen molar-refractivity contribution in [2.45, 2.75) is 5.92 Å². The number of nitrogens with one attached hydrogen (secondary N) is 1. The second kappa shape index (κ2) is 4.66. The summed E-state index contributed by atoms with van der Waals surface area (Å²) in [5.74, 6) is -6.03. The van der Waals surface area contributed by atoms with Crippen molar-refractivity contribution in [3.8, 4) is 6.07 Å². The topological polar surface area (TPSA) is 52.9 Å². The molecule has 0 aliphatic carbocycles. The largest absolute Gasteiger partial charge is 0.349 e. The maximum absolute atomic E-state index is 13.4. The lowest BCUT2D eigenvalue weighted by Crippen LogP contribution is -2.38. The van der Waals surface area contributed by atoms with Crippen molar-refractivity contribution < 1.29 is 18.0 Å². The number of hydrogen-bond donors (Lipinski definition) is 1. The minimum atomic E-state index is -3.77. The molecule has 6 heteroatoms. The van der Waals surface area contributed by atoms with Crippen LogP contribution in [0.2, 0.25) is 0 Å². The van der Waals surface area contributed by atoms with Crippen molar-refractivity contribution in [2.24, 2.45) is 0 Å². The Labute approximate surface area is 89.5 Å². The molecule has 0 bridgehead atoms. The fourth-order valence-corrected chi connectivity index (χ4v) is 1.02. The molecule has 0 aromatic heterocycles. The van der Waals surface area contributed by atoms with Gasteiger partial charge in [-0.1, -0.05) is 0 Å². The van der Waals surface area contributed by atoms with Gasteiger partial charge < -0.3 is 5.32 Å². The minimum Gasteiger partial charge on any atom is -0.337 e. The molecule has 16 heavy (non-hydrogen) atoms. The summed E-state index contributed by atoms with van der Waals surface area (Å²) in [6.07, 6.45) is 0. The average molecular weight is 228 g/mol. The van der Waals surface area contributed by atoms with Crippen molar-refractivity contribution in [1.82, 2.24) is 5.32 Å². The van der Waals surface area contributed by atoms with E-state index >= 15 is 0 Å². The zero-order chi connectivity index (χ0) is 12.2. The Bertz CT molecular complexity index is 423. The molecular weight excluding hydrogens is 221 g/mol. The summed E-state index contributed by atoms with van der Waals surface area (Å²) in [6, 6.07) is 4.82. The Morgan fingerprint density at radius 3 is 2.44 bits per heavy atom. The third-order valence-corrected chi connectivity index (χ3v) is 1.82. The molecule has 0 heterocycles. The van der Waals surface area contributed by atoms with E-state index in [1.807, 2.05) is 0 Å². The molecule has 1 aromatic rings. The van der Waals surface area contributed by atoms with Crippen LogP contribution in [0.4, 0.5) is 13.2 Å². The normalized spacial score (nSPS) is 10.6. The first-order chi connectivity index (χ1) is 7.48. The molecule has 0 radical (unpaired) electrons. The van der Waals surface area contributed by atoms with Crippen molar-refractivity contribution in [3.63, 3.8) is 0 Å². The van der Waals surface area contributed by atoms with Gasteiger partial charge >= 0.3 is 5.92 Å². The SMILES string of the molecule is N#CCNC(=O)C(F)(F)c1ccc(F)cc1. The molecule has 0 fully saturated rings. The van der Waals surface area contributed by atoms with Gasteiger partial charge in [0, 0.05) is 5.56 Å². The Balaban J connectivity index is 2.88. The third-order valence-electron chi connectivity index (χ3n) is 1.82. The highest BCUT2D eigenvalue weighted by atomic mass is 19.3. The smallest absolute Gasteiger partial charge is 0.337 e. The molecule has 0 aliphatic heterocycles. The number of alkyl halides is 2.